The first kappa shape index (κ1) is 17.4. The highest BCUT2D eigenvalue weighted by Gasteiger charge is 2.56. The van der Waals surface area contributed by atoms with Crippen LogP contribution in [0.5, 0.6) is 0 Å². The number of para-hydroxylation sites is 1. The molecule has 0 saturated carbocycles. The number of hydrogen-bond acceptors (Lipinski definition) is 3. The normalized spacial score (nSPS) is 26.2. The quantitative estimate of drug-likeness (QED) is 0.746. The van der Waals surface area contributed by atoms with Gasteiger partial charge in [0.2, 0.25) is 5.91 Å². The minimum absolute atomic E-state index is 0.108. The fraction of sp³-hybridized carbons (Fsp3) is 0.391. The molecular formula is C23H25N3O2. The molecule has 0 unspecified atom stereocenters. The predicted octanol–water partition coefficient (Wildman–Crippen LogP) is 3.02. The molecule has 3 atom stereocenters. The lowest BCUT2D eigenvalue weighted by Crippen LogP contribution is -2.44. The summed E-state index contributed by atoms with van der Waals surface area (Å²) in [6.07, 6.45) is 5.53. The van der Waals surface area contributed by atoms with E-state index in [9.17, 15) is 9.90 Å². The van der Waals surface area contributed by atoms with Crippen LogP contribution in [0.1, 0.15) is 24.8 Å². The molecule has 5 rings (SSSR count). The number of hydrogen-bond donors (Lipinski definition) is 1. The van der Waals surface area contributed by atoms with Crippen molar-refractivity contribution in [1.29, 1.82) is 0 Å². The Kier molecular flexibility index (Phi) is 4.20. The molecule has 5 nitrogen and oxygen atoms in total. The molecule has 28 heavy (non-hydrogen) atoms. The number of aliphatic hydroxyl groups is 1. The Bertz CT molecular complexity index is 999. The Morgan fingerprint density at radius 3 is 2.71 bits per heavy atom. The van der Waals surface area contributed by atoms with Crippen LogP contribution in [0, 0.1) is 5.41 Å². The van der Waals surface area contributed by atoms with E-state index in [1.54, 1.807) is 4.68 Å². The summed E-state index contributed by atoms with van der Waals surface area (Å²) in [5.74, 6) is 0.115. The van der Waals surface area contributed by atoms with Gasteiger partial charge in [0.05, 0.1) is 18.3 Å². The maximum Gasteiger partial charge on any atom is 0.244 e. The van der Waals surface area contributed by atoms with Crippen molar-refractivity contribution >= 4 is 16.8 Å². The topological polar surface area (TPSA) is 58.4 Å². The molecule has 1 amide bonds. The van der Waals surface area contributed by atoms with Crippen molar-refractivity contribution in [3.63, 3.8) is 0 Å². The molecule has 2 saturated heterocycles. The van der Waals surface area contributed by atoms with E-state index in [0.29, 0.717) is 0 Å². The van der Waals surface area contributed by atoms with Gasteiger partial charge in [0.25, 0.3) is 0 Å². The van der Waals surface area contributed by atoms with Crippen LogP contribution >= 0.6 is 0 Å². The highest BCUT2D eigenvalue weighted by molar-refractivity contribution is 5.82. The van der Waals surface area contributed by atoms with Gasteiger partial charge in [-0.15, -0.1) is 0 Å². The molecule has 2 fully saturated rings. The molecule has 144 valence electrons. The molecule has 3 heterocycles. The van der Waals surface area contributed by atoms with Gasteiger partial charge in [-0.2, -0.15) is 5.10 Å². The number of aromatic nitrogens is 2. The first-order chi connectivity index (χ1) is 13.7. The average molecular weight is 375 g/mol. The van der Waals surface area contributed by atoms with E-state index in [-0.39, 0.29) is 36.6 Å². The summed E-state index contributed by atoms with van der Waals surface area (Å²) in [5, 5.41) is 15.8. The van der Waals surface area contributed by atoms with Crippen molar-refractivity contribution in [2.24, 2.45) is 5.41 Å². The predicted molar refractivity (Wildman–Crippen MR) is 108 cm³/mol. The van der Waals surface area contributed by atoms with E-state index in [1.807, 2.05) is 48.7 Å². The molecule has 5 heteroatoms. The second-order valence-electron chi connectivity index (χ2n) is 8.30. The number of aliphatic hydroxyl groups excluding tert-OH is 1. The maximum absolute atomic E-state index is 13.3. The Labute approximate surface area is 164 Å². The van der Waals surface area contributed by atoms with Gasteiger partial charge in [-0.25, -0.2) is 0 Å². The van der Waals surface area contributed by atoms with Gasteiger partial charge < -0.3 is 10.0 Å². The highest BCUT2D eigenvalue weighted by atomic mass is 16.3. The number of rotatable bonds is 5. The highest BCUT2D eigenvalue weighted by Crippen LogP contribution is 2.51. The van der Waals surface area contributed by atoms with Gasteiger partial charge in [0.1, 0.15) is 6.54 Å². The Hall–Kier alpha value is -2.66. The van der Waals surface area contributed by atoms with Crippen molar-refractivity contribution in [3.8, 4) is 0 Å². The molecule has 2 bridgehead atoms. The monoisotopic (exact) mass is 375 g/mol. The minimum atomic E-state index is -0.230. The zero-order valence-electron chi connectivity index (χ0n) is 15.9. The minimum Gasteiger partial charge on any atom is -0.396 e. The molecule has 2 aliphatic rings. The van der Waals surface area contributed by atoms with E-state index >= 15 is 0 Å². The largest absolute Gasteiger partial charge is 0.396 e. The van der Waals surface area contributed by atoms with Crippen LogP contribution in [-0.2, 0) is 17.8 Å². The summed E-state index contributed by atoms with van der Waals surface area (Å²) >= 11 is 0. The lowest BCUT2D eigenvalue weighted by Gasteiger charge is -2.36. The molecule has 2 aliphatic heterocycles. The van der Waals surface area contributed by atoms with E-state index in [2.05, 4.69) is 22.1 Å². The maximum atomic E-state index is 13.3. The van der Waals surface area contributed by atoms with E-state index < -0.39 is 0 Å². The van der Waals surface area contributed by atoms with E-state index in [1.165, 1.54) is 5.56 Å². The van der Waals surface area contributed by atoms with Gasteiger partial charge >= 0.3 is 0 Å². The molecule has 0 spiro atoms. The van der Waals surface area contributed by atoms with Crippen molar-refractivity contribution in [2.45, 2.75) is 44.3 Å². The van der Waals surface area contributed by atoms with Crippen molar-refractivity contribution in [3.05, 3.63) is 66.4 Å². The zero-order valence-corrected chi connectivity index (χ0v) is 15.9. The van der Waals surface area contributed by atoms with Crippen molar-refractivity contribution < 1.29 is 9.90 Å². The summed E-state index contributed by atoms with van der Waals surface area (Å²) in [6.45, 7) is 0.380. The summed E-state index contributed by atoms with van der Waals surface area (Å²) < 4.78 is 1.80. The number of carbonyl (C=O) groups excluding carboxylic acids is 1. The van der Waals surface area contributed by atoms with Crippen LogP contribution in [0.3, 0.4) is 0 Å². The third-order valence-electron chi connectivity index (χ3n) is 6.69. The molecular weight excluding hydrogens is 350 g/mol. The molecule has 1 N–H and O–H groups in total. The lowest BCUT2D eigenvalue weighted by molar-refractivity contribution is -0.134. The first-order valence-corrected chi connectivity index (χ1v) is 10.1. The van der Waals surface area contributed by atoms with Crippen molar-refractivity contribution in [2.75, 3.05) is 6.61 Å². The Morgan fingerprint density at radius 2 is 1.89 bits per heavy atom. The SMILES string of the molecule is O=C(Cn1ncc2ccccc21)N1[C@H]2CC[C@@H]1[C@@](CO)(Cc1ccccc1)C2. The fourth-order valence-electron chi connectivity index (χ4n) is 5.45. The van der Waals surface area contributed by atoms with Crippen LogP contribution in [-0.4, -0.2) is 44.4 Å². The van der Waals surface area contributed by atoms with Gasteiger partial charge in [-0.1, -0.05) is 48.5 Å². The third-order valence-corrected chi connectivity index (χ3v) is 6.69. The van der Waals surface area contributed by atoms with Gasteiger partial charge in [-0.05, 0) is 37.3 Å². The summed E-state index contributed by atoms with van der Waals surface area (Å²) in [6, 6.07) is 18.6. The zero-order chi connectivity index (χ0) is 19.1. The summed E-state index contributed by atoms with van der Waals surface area (Å²) in [5.41, 5.74) is 1.99. The van der Waals surface area contributed by atoms with Gasteiger partial charge in [0, 0.05) is 22.9 Å². The van der Waals surface area contributed by atoms with Gasteiger partial charge in [-0.3, -0.25) is 9.48 Å². The summed E-state index contributed by atoms with van der Waals surface area (Å²) in [7, 11) is 0. The smallest absolute Gasteiger partial charge is 0.244 e. The second-order valence-corrected chi connectivity index (χ2v) is 8.30. The lowest BCUT2D eigenvalue weighted by atomic mass is 9.70. The summed E-state index contributed by atoms with van der Waals surface area (Å²) in [4.78, 5) is 15.3. The number of fused-ring (bicyclic) bond motifs is 3. The number of nitrogens with zero attached hydrogens (tertiary/aromatic N) is 3. The van der Waals surface area contributed by atoms with E-state index in [4.69, 9.17) is 0 Å². The second kappa shape index (κ2) is 6.74. The first-order valence-electron chi connectivity index (χ1n) is 10.1. The molecule has 1 aromatic heterocycles. The van der Waals surface area contributed by atoms with Crippen LogP contribution < -0.4 is 0 Å². The van der Waals surface area contributed by atoms with Gasteiger partial charge in [0.15, 0.2) is 0 Å². The molecule has 0 aliphatic carbocycles. The van der Waals surface area contributed by atoms with Crippen LogP contribution in [0.25, 0.3) is 10.9 Å². The van der Waals surface area contributed by atoms with Crippen LogP contribution in [0.2, 0.25) is 0 Å². The molecule has 0 radical (unpaired) electrons. The van der Waals surface area contributed by atoms with Crippen molar-refractivity contribution in [1.82, 2.24) is 14.7 Å². The molecule has 3 aromatic rings. The number of amides is 1. The molecule has 2 aromatic carbocycles. The Morgan fingerprint density at radius 1 is 1.11 bits per heavy atom. The number of carbonyl (C=O) groups is 1. The standard InChI is InChI=1S/C23H25N3O2/c27-16-23(12-17-6-2-1-3-7-17)13-19-10-11-21(23)26(19)22(28)15-25-20-9-5-4-8-18(20)14-24-25/h1-9,14,19,21,27H,10-13,15-16H2/t19-,21+,23-/m0/s1. The van der Waals surface area contributed by atoms with E-state index in [0.717, 1.165) is 36.6 Å². The fourth-order valence-corrected chi connectivity index (χ4v) is 5.45. The average Bonchev–Trinajstić information content (AvgIpc) is 3.41. The third kappa shape index (κ3) is 2.73. The Balaban J connectivity index is 1.39. The van der Waals surface area contributed by atoms with Crippen LogP contribution in [0.15, 0.2) is 60.8 Å². The number of benzene rings is 2. The van der Waals surface area contributed by atoms with Crippen LogP contribution in [0.4, 0.5) is 0 Å².